The fourth-order valence-electron chi connectivity index (χ4n) is 1.55. The van der Waals surface area contributed by atoms with E-state index in [1.54, 1.807) is 19.2 Å². The summed E-state index contributed by atoms with van der Waals surface area (Å²) in [6, 6.07) is 8.36. The molecule has 2 N–H and O–H groups in total. The predicted octanol–water partition coefficient (Wildman–Crippen LogP) is 2.48. The van der Waals surface area contributed by atoms with Gasteiger partial charge < -0.3 is 10.5 Å². The second-order valence-corrected chi connectivity index (χ2v) is 3.30. The van der Waals surface area contributed by atoms with E-state index in [1.807, 2.05) is 12.1 Å². The van der Waals surface area contributed by atoms with Gasteiger partial charge in [-0.05, 0) is 18.2 Å². The van der Waals surface area contributed by atoms with Gasteiger partial charge in [-0.1, -0.05) is 12.1 Å². The number of rotatable bonds is 2. The van der Waals surface area contributed by atoms with Crippen LogP contribution in [0.5, 0.6) is 5.75 Å². The molecule has 2 aromatic rings. The Hall–Kier alpha value is -2.10. The molecule has 82 valence electrons. The quantitative estimate of drug-likeness (QED) is 0.622. The molecule has 16 heavy (non-hydrogen) atoms. The molecule has 1 heterocycles. The van der Waals surface area contributed by atoms with Gasteiger partial charge in [-0.2, -0.15) is 4.39 Å². The number of benzene rings is 1. The van der Waals surface area contributed by atoms with Crippen LogP contribution in [0.25, 0.3) is 11.1 Å². The SMILES string of the molecule is COc1c(N)cccc1-c1ccc(F)nc1. The number of halogens is 1. The van der Waals surface area contributed by atoms with E-state index in [4.69, 9.17) is 10.5 Å². The zero-order chi connectivity index (χ0) is 11.5. The number of nitrogen functional groups attached to an aromatic ring is 1. The van der Waals surface area contributed by atoms with Gasteiger partial charge in [-0.15, -0.1) is 0 Å². The van der Waals surface area contributed by atoms with Crippen LogP contribution in [0.4, 0.5) is 10.1 Å². The first-order chi connectivity index (χ1) is 7.72. The number of para-hydroxylation sites is 1. The second kappa shape index (κ2) is 4.18. The largest absolute Gasteiger partial charge is 0.494 e. The molecule has 3 nitrogen and oxygen atoms in total. The first-order valence-electron chi connectivity index (χ1n) is 4.77. The molecule has 1 aromatic carbocycles. The highest BCUT2D eigenvalue weighted by Crippen LogP contribution is 2.34. The maximum absolute atomic E-state index is 12.7. The number of hydrogen-bond donors (Lipinski definition) is 1. The average Bonchev–Trinajstić information content (AvgIpc) is 2.30. The Morgan fingerprint density at radius 1 is 1.25 bits per heavy atom. The van der Waals surface area contributed by atoms with E-state index in [-0.39, 0.29) is 0 Å². The lowest BCUT2D eigenvalue weighted by Gasteiger charge is -2.10. The minimum Gasteiger partial charge on any atom is -0.494 e. The second-order valence-electron chi connectivity index (χ2n) is 3.30. The molecular weight excluding hydrogens is 207 g/mol. The number of anilines is 1. The van der Waals surface area contributed by atoms with Crippen molar-refractivity contribution in [3.8, 4) is 16.9 Å². The van der Waals surface area contributed by atoms with Crippen molar-refractivity contribution >= 4 is 5.69 Å². The Labute approximate surface area is 92.7 Å². The van der Waals surface area contributed by atoms with Gasteiger partial charge in [-0.25, -0.2) is 4.98 Å². The van der Waals surface area contributed by atoms with Crippen molar-refractivity contribution in [3.05, 3.63) is 42.5 Å². The molecule has 0 spiro atoms. The van der Waals surface area contributed by atoms with Crippen LogP contribution in [0, 0.1) is 5.95 Å². The van der Waals surface area contributed by atoms with Gasteiger partial charge in [0.1, 0.15) is 5.75 Å². The lowest BCUT2D eigenvalue weighted by atomic mass is 10.1. The van der Waals surface area contributed by atoms with Gasteiger partial charge in [0.25, 0.3) is 0 Å². The smallest absolute Gasteiger partial charge is 0.212 e. The van der Waals surface area contributed by atoms with E-state index in [9.17, 15) is 4.39 Å². The molecule has 0 unspecified atom stereocenters. The molecule has 0 fully saturated rings. The van der Waals surface area contributed by atoms with Crippen LogP contribution in [-0.4, -0.2) is 12.1 Å². The molecule has 1 aromatic heterocycles. The standard InChI is InChI=1S/C12H11FN2O/c1-16-12-9(3-2-4-10(12)14)8-5-6-11(13)15-7-8/h2-7H,14H2,1H3. The highest BCUT2D eigenvalue weighted by molar-refractivity contribution is 5.76. The van der Waals surface area contributed by atoms with Crippen LogP contribution in [0.2, 0.25) is 0 Å². The van der Waals surface area contributed by atoms with Crippen LogP contribution in [-0.2, 0) is 0 Å². The van der Waals surface area contributed by atoms with E-state index in [1.165, 1.54) is 12.3 Å². The summed E-state index contributed by atoms with van der Waals surface area (Å²) in [5.74, 6) is 0.0718. The average molecular weight is 218 g/mol. The van der Waals surface area contributed by atoms with Crippen LogP contribution >= 0.6 is 0 Å². The molecular formula is C12H11FN2O. The summed E-state index contributed by atoms with van der Waals surface area (Å²) in [5.41, 5.74) is 7.90. The summed E-state index contributed by atoms with van der Waals surface area (Å²) in [4.78, 5) is 3.60. The number of pyridine rings is 1. The molecule has 0 amide bonds. The maximum atomic E-state index is 12.7. The number of hydrogen-bond acceptors (Lipinski definition) is 3. The minimum atomic E-state index is -0.508. The van der Waals surface area contributed by atoms with Crippen molar-refractivity contribution < 1.29 is 9.13 Å². The minimum absolute atomic E-state index is 0.508. The topological polar surface area (TPSA) is 48.1 Å². The summed E-state index contributed by atoms with van der Waals surface area (Å²) in [5, 5.41) is 0. The number of aromatic nitrogens is 1. The molecule has 0 atom stereocenters. The van der Waals surface area contributed by atoms with Gasteiger partial charge in [0.2, 0.25) is 5.95 Å². The predicted molar refractivity (Wildman–Crippen MR) is 60.6 cm³/mol. The molecule has 0 radical (unpaired) electrons. The Balaban J connectivity index is 2.55. The Kier molecular flexibility index (Phi) is 2.72. The summed E-state index contributed by atoms with van der Waals surface area (Å²) >= 11 is 0. The summed E-state index contributed by atoms with van der Waals surface area (Å²) < 4.78 is 17.9. The molecule has 0 saturated heterocycles. The zero-order valence-electron chi connectivity index (χ0n) is 8.77. The molecule has 0 saturated carbocycles. The third-order valence-electron chi connectivity index (χ3n) is 2.29. The highest BCUT2D eigenvalue weighted by Gasteiger charge is 2.08. The number of nitrogens with zero attached hydrogens (tertiary/aromatic N) is 1. The first-order valence-corrected chi connectivity index (χ1v) is 4.77. The van der Waals surface area contributed by atoms with Crippen molar-refractivity contribution in [2.24, 2.45) is 0 Å². The van der Waals surface area contributed by atoms with Crippen molar-refractivity contribution in [1.82, 2.24) is 4.98 Å². The number of ether oxygens (including phenoxy) is 1. The molecule has 0 aliphatic carbocycles. The third kappa shape index (κ3) is 1.82. The Bertz CT molecular complexity index is 497. The van der Waals surface area contributed by atoms with Crippen molar-refractivity contribution in [2.45, 2.75) is 0 Å². The fraction of sp³-hybridized carbons (Fsp3) is 0.0833. The van der Waals surface area contributed by atoms with E-state index in [0.717, 1.165) is 11.1 Å². The van der Waals surface area contributed by atoms with Crippen molar-refractivity contribution in [1.29, 1.82) is 0 Å². The van der Waals surface area contributed by atoms with Gasteiger partial charge in [0.15, 0.2) is 0 Å². The van der Waals surface area contributed by atoms with Gasteiger partial charge >= 0.3 is 0 Å². The molecule has 0 aliphatic heterocycles. The monoisotopic (exact) mass is 218 g/mol. The molecule has 0 aliphatic rings. The van der Waals surface area contributed by atoms with E-state index in [0.29, 0.717) is 11.4 Å². The highest BCUT2D eigenvalue weighted by atomic mass is 19.1. The van der Waals surface area contributed by atoms with E-state index >= 15 is 0 Å². The maximum Gasteiger partial charge on any atom is 0.212 e. The van der Waals surface area contributed by atoms with E-state index < -0.39 is 5.95 Å². The Morgan fingerprint density at radius 3 is 2.69 bits per heavy atom. The summed E-state index contributed by atoms with van der Waals surface area (Å²) in [7, 11) is 1.55. The normalized spacial score (nSPS) is 10.1. The van der Waals surface area contributed by atoms with Crippen LogP contribution in [0.1, 0.15) is 0 Å². The first kappa shape index (κ1) is 10.4. The summed E-state index contributed by atoms with van der Waals surface area (Å²) in [6.07, 6.45) is 1.45. The Morgan fingerprint density at radius 2 is 2.06 bits per heavy atom. The van der Waals surface area contributed by atoms with Gasteiger partial charge in [-0.3, -0.25) is 0 Å². The molecule has 2 rings (SSSR count). The van der Waals surface area contributed by atoms with Crippen molar-refractivity contribution in [2.75, 3.05) is 12.8 Å². The van der Waals surface area contributed by atoms with Crippen molar-refractivity contribution in [3.63, 3.8) is 0 Å². The summed E-state index contributed by atoms with van der Waals surface area (Å²) in [6.45, 7) is 0. The van der Waals surface area contributed by atoms with Gasteiger partial charge in [0.05, 0.1) is 12.8 Å². The van der Waals surface area contributed by atoms with Crippen LogP contribution in [0.3, 0.4) is 0 Å². The van der Waals surface area contributed by atoms with Crippen LogP contribution < -0.4 is 10.5 Å². The third-order valence-corrected chi connectivity index (χ3v) is 2.29. The van der Waals surface area contributed by atoms with E-state index in [2.05, 4.69) is 4.98 Å². The lowest BCUT2D eigenvalue weighted by Crippen LogP contribution is -1.95. The zero-order valence-corrected chi connectivity index (χ0v) is 8.77. The van der Waals surface area contributed by atoms with Gasteiger partial charge in [0, 0.05) is 17.3 Å². The fourth-order valence-corrected chi connectivity index (χ4v) is 1.55. The number of methoxy groups -OCH3 is 1. The molecule has 4 heteroatoms. The molecule has 0 bridgehead atoms. The lowest BCUT2D eigenvalue weighted by molar-refractivity contribution is 0.418. The number of nitrogens with two attached hydrogens (primary N) is 1. The van der Waals surface area contributed by atoms with Crippen LogP contribution in [0.15, 0.2) is 36.5 Å².